The molecule has 1 fully saturated rings. The molecule has 1 aliphatic rings. The summed E-state index contributed by atoms with van der Waals surface area (Å²) in [6.07, 6.45) is 0. The Hall–Kier alpha value is -0.680. The molecular weight excluding hydrogens is 290 g/mol. The molecule has 108 valence electrons. The van der Waals surface area contributed by atoms with E-state index >= 15 is 0 Å². The Labute approximate surface area is 125 Å². The van der Waals surface area contributed by atoms with Crippen LogP contribution in [0.1, 0.15) is 17.3 Å². The second-order valence-corrected chi connectivity index (χ2v) is 4.52. The predicted molar refractivity (Wildman–Crippen MR) is 79.1 cm³/mol. The third kappa shape index (κ3) is 5.45. The quantitative estimate of drug-likeness (QED) is 0.868. The van der Waals surface area contributed by atoms with Gasteiger partial charge in [0.15, 0.2) is 5.78 Å². The molecule has 0 radical (unpaired) electrons. The van der Waals surface area contributed by atoms with Gasteiger partial charge in [-0.05, 0) is 31.2 Å². The topological polar surface area (TPSA) is 32.3 Å². The highest BCUT2D eigenvalue weighted by atomic mass is 35.5. The number of piperazine rings is 1. The maximum absolute atomic E-state index is 12.7. The maximum atomic E-state index is 12.7. The van der Waals surface area contributed by atoms with Gasteiger partial charge in [0.05, 0.1) is 6.54 Å². The number of hydrogen-bond donors (Lipinski definition) is 1. The Morgan fingerprint density at radius 1 is 1.37 bits per heavy atom. The molecule has 0 unspecified atom stereocenters. The van der Waals surface area contributed by atoms with Gasteiger partial charge in [0.2, 0.25) is 0 Å². The van der Waals surface area contributed by atoms with Gasteiger partial charge in [0, 0.05) is 31.2 Å². The summed E-state index contributed by atoms with van der Waals surface area (Å²) in [5.74, 6) is -0.253. The summed E-state index contributed by atoms with van der Waals surface area (Å²) >= 11 is 0. The largest absolute Gasteiger partial charge is 0.312 e. The summed E-state index contributed by atoms with van der Waals surface area (Å²) in [6.45, 7) is 5.20. The Kier molecular flexibility index (Phi) is 8.18. The van der Waals surface area contributed by atoms with Gasteiger partial charge in [0.1, 0.15) is 5.82 Å². The number of nitrogens with zero attached hydrogens (tertiary/aromatic N) is 1. The molecular formula is C13H19Cl2FN2O. The van der Waals surface area contributed by atoms with E-state index in [0.29, 0.717) is 18.2 Å². The van der Waals surface area contributed by atoms with Crippen LogP contribution < -0.4 is 5.32 Å². The van der Waals surface area contributed by atoms with Crippen LogP contribution in [-0.4, -0.2) is 42.9 Å². The molecule has 1 saturated heterocycles. The van der Waals surface area contributed by atoms with Crippen LogP contribution in [0.3, 0.4) is 0 Å². The van der Waals surface area contributed by atoms with Crippen molar-refractivity contribution in [3.8, 4) is 0 Å². The molecule has 1 atom stereocenters. The van der Waals surface area contributed by atoms with E-state index in [-0.39, 0.29) is 36.4 Å². The summed E-state index contributed by atoms with van der Waals surface area (Å²) in [5.41, 5.74) is 0.581. The smallest absolute Gasteiger partial charge is 0.176 e. The zero-order valence-corrected chi connectivity index (χ0v) is 12.4. The van der Waals surface area contributed by atoms with Crippen molar-refractivity contribution in [2.45, 2.75) is 13.0 Å². The van der Waals surface area contributed by atoms with Crippen LogP contribution >= 0.6 is 24.8 Å². The van der Waals surface area contributed by atoms with E-state index in [0.717, 1.165) is 19.6 Å². The molecule has 1 N–H and O–H groups in total. The molecule has 19 heavy (non-hydrogen) atoms. The number of ketones is 1. The SMILES string of the molecule is C[C@H]1CN(CC(=O)c2ccc(F)cc2)CCN1.Cl.Cl. The van der Waals surface area contributed by atoms with Crippen LogP contribution in [0.25, 0.3) is 0 Å². The van der Waals surface area contributed by atoms with Gasteiger partial charge in [-0.15, -0.1) is 24.8 Å². The van der Waals surface area contributed by atoms with E-state index in [9.17, 15) is 9.18 Å². The molecule has 0 bridgehead atoms. The second-order valence-electron chi connectivity index (χ2n) is 4.52. The van der Waals surface area contributed by atoms with Crippen molar-refractivity contribution in [1.29, 1.82) is 0 Å². The number of rotatable bonds is 3. The molecule has 2 rings (SSSR count). The van der Waals surface area contributed by atoms with Gasteiger partial charge in [-0.1, -0.05) is 0 Å². The molecule has 1 heterocycles. The summed E-state index contributed by atoms with van der Waals surface area (Å²) in [6, 6.07) is 6.16. The first-order valence-corrected chi connectivity index (χ1v) is 5.89. The summed E-state index contributed by atoms with van der Waals surface area (Å²) in [7, 11) is 0. The highest BCUT2D eigenvalue weighted by Gasteiger charge is 2.18. The van der Waals surface area contributed by atoms with E-state index in [1.54, 1.807) is 12.1 Å². The number of nitrogens with one attached hydrogen (secondary N) is 1. The van der Waals surface area contributed by atoms with Crippen molar-refractivity contribution in [3.63, 3.8) is 0 Å². The van der Waals surface area contributed by atoms with Crippen LogP contribution in [0, 0.1) is 5.82 Å². The molecule has 1 aliphatic heterocycles. The third-order valence-corrected chi connectivity index (χ3v) is 2.99. The lowest BCUT2D eigenvalue weighted by molar-refractivity contribution is 0.0908. The second kappa shape index (κ2) is 8.48. The van der Waals surface area contributed by atoms with Crippen molar-refractivity contribution in [2.24, 2.45) is 0 Å². The number of benzene rings is 1. The molecule has 3 nitrogen and oxygen atoms in total. The van der Waals surface area contributed by atoms with Gasteiger partial charge >= 0.3 is 0 Å². The van der Waals surface area contributed by atoms with Gasteiger partial charge in [-0.25, -0.2) is 4.39 Å². The van der Waals surface area contributed by atoms with Crippen molar-refractivity contribution < 1.29 is 9.18 Å². The van der Waals surface area contributed by atoms with Crippen molar-refractivity contribution in [3.05, 3.63) is 35.6 Å². The minimum atomic E-state index is -0.308. The van der Waals surface area contributed by atoms with E-state index in [4.69, 9.17) is 0 Å². The van der Waals surface area contributed by atoms with Crippen LogP contribution in [0.15, 0.2) is 24.3 Å². The van der Waals surface area contributed by atoms with E-state index in [1.165, 1.54) is 12.1 Å². The first-order valence-electron chi connectivity index (χ1n) is 5.89. The fourth-order valence-corrected chi connectivity index (χ4v) is 2.09. The Balaban J connectivity index is 0.00000162. The molecule has 0 spiro atoms. The van der Waals surface area contributed by atoms with Crippen molar-refractivity contribution in [2.75, 3.05) is 26.2 Å². The van der Waals surface area contributed by atoms with Gasteiger partial charge in [-0.2, -0.15) is 0 Å². The lowest BCUT2D eigenvalue weighted by Gasteiger charge is -2.31. The van der Waals surface area contributed by atoms with Gasteiger partial charge < -0.3 is 5.32 Å². The first-order chi connectivity index (χ1) is 8.15. The summed E-state index contributed by atoms with van der Waals surface area (Å²) in [4.78, 5) is 14.1. The minimum absolute atomic E-state index is 0. The van der Waals surface area contributed by atoms with Crippen LogP contribution in [-0.2, 0) is 0 Å². The highest BCUT2D eigenvalue weighted by molar-refractivity contribution is 5.97. The first kappa shape index (κ1) is 18.3. The molecule has 6 heteroatoms. The predicted octanol–water partition coefficient (Wildman–Crippen LogP) is 2.15. The average molecular weight is 309 g/mol. The molecule has 0 saturated carbocycles. The van der Waals surface area contributed by atoms with Crippen molar-refractivity contribution in [1.82, 2.24) is 10.2 Å². The Morgan fingerprint density at radius 3 is 2.58 bits per heavy atom. The minimum Gasteiger partial charge on any atom is -0.312 e. The normalized spacial score (nSPS) is 19.2. The van der Waals surface area contributed by atoms with E-state index in [2.05, 4.69) is 17.1 Å². The fraction of sp³-hybridized carbons (Fsp3) is 0.462. The summed E-state index contributed by atoms with van der Waals surface area (Å²) < 4.78 is 12.7. The fourth-order valence-electron chi connectivity index (χ4n) is 2.09. The average Bonchev–Trinajstić information content (AvgIpc) is 2.29. The van der Waals surface area contributed by atoms with Crippen LogP contribution in [0.4, 0.5) is 4.39 Å². The molecule has 0 amide bonds. The van der Waals surface area contributed by atoms with Crippen molar-refractivity contribution >= 4 is 30.6 Å². The van der Waals surface area contributed by atoms with E-state index < -0.39 is 0 Å². The summed E-state index contributed by atoms with van der Waals surface area (Å²) in [5, 5.41) is 3.33. The van der Waals surface area contributed by atoms with Gasteiger partial charge in [0.25, 0.3) is 0 Å². The van der Waals surface area contributed by atoms with E-state index in [1.807, 2.05) is 0 Å². The maximum Gasteiger partial charge on any atom is 0.176 e. The number of halogens is 3. The Bertz CT molecular complexity index is 400. The third-order valence-electron chi connectivity index (χ3n) is 2.99. The lowest BCUT2D eigenvalue weighted by atomic mass is 10.1. The molecule has 0 aliphatic carbocycles. The van der Waals surface area contributed by atoms with Crippen LogP contribution in [0.2, 0.25) is 0 Å². The highest BCUT2D eigenvalue weighted by Crippen LogP contribution is 2.06. The number of Topliss-reactive ketones (excluding diaryl/α,β-unsaturated/α-hetero) is 1. The monoisotopic (exact) mass is 308 g/mol. The number of hydrogen-bond acceptors (Lipinski definition) is 3. The van der Waals surface area contributed by atoms with Gasteiger partial charge in [-0.3, -0.25) is 9.69 Å². The van der Waals surface area contributed by atoms with Crippen LogP contribution in [0.5, 0.6) is 0 Å². The molecule has 1 aromatic carbocycles. The molecule has 1 aromatic rings. The Morgan fingerprint density at radius 2 is 2.00 bits per heavy atom. The standard InChI is InChI=1S/C13H17FN2O.2ClH/c1-10-8-16(7-6-15-10)9-13(17)11-2-4-12(14)5-3-11;;/h2-5,10,15H,6-9H2,1H3;2*1H/t10-;;/m0../s1. The number of carbonyl (C=O) groups is 1. The zero-order valence-electron chi connectivity index (χ0n) is 10.8. The molecule has 0 aromatic heterocycles. The zero-order chi connectivity index (χ0) is 12.3. The number of carbonyl (C=O) groups excluding carboxylic acids is 1. The lowest BCUT2D eigenvalue weighted by Crippen LogP contribution is -2.50.